The Balaban J connectivity index is 1.46. The zero-order valence-corrected chi connectivity index (χ0v) is 19.2. The van der Waals surface area contributed by atoms with Crippen LogP contribution in [-0.2, 0) is 11.2 Å². The topological polar surface area (TPSA) is 59.8 Å². The molecule has 4 rings (SSSR count). The first kappa shape index (κ1) is 21.1. The van der Waals surface area contributed by atoms with Crippen LogP contribution >= 0.6 is 23.1 Å². The van der Waals surface area contributed by atoms with Crippen LogP contribution in [0.25, 0.3) is 0 Å². The van der Waals surface area contributed by atoms with E-state index < -0.39 is 0 Å². The number of carbonyl (C=O) groups excluding carboxylic acids is 1. The van der Waals surface area contributed by atoms with Crippen LogP contribution in [0.4, 0.5) is 5.69 Å². The molecule has 0 bridgehead atoms. The first-order valence-electron chi connectivity index (χ1n) is 10.6. The number of nitrogens with one attached hydrogen (secondary N) is 1. The van der Waals surface area contributed by atoms with E-state index in [2.05, 4.69) is 51.4 Å². The summed E-state index contributed by atoms with van der Waals surface area (Å²) in [5, 5.41) is 15.0. The largest absolute Gasteiger partial charge is 0.325 e. The number of aromatic nitrogens is 3. The molecule has 30 heavy (non-hydrogen) atoms. The number of nitrogens with zero attached hydrogens (tertiary/aromatic N) is 3. The van der Waals surface area contributed by atoms with Gasteiger partial charge in [0.05, 0.1) is 5.75 Å². The number of rotatable bonds is 7. The van der Waals surface area contributed by atoms with Gasteiger partial charge in [0.2, 0.25) is 5.91 Å². The van der Waals surface area contributed by atoms with Crippen molar-refractivity contribution in [3.05, 3.63) is 57.5 Å². The Labute approximate surface area is 186 Å². The summed E-state index contributed by atoms with van der Waals surface area (Å²) in [6.07, 6.45) is 6.93. The molecule has 5 nitrogen and oxygen atoms in total. The van der Waals surface area contributed by atoms with Crippen LogP contribution in [0.1, 0.15) is 60.0 Å². The van der Waals surface area contributed by atoms with Crippen LogP contribution in [0, 0.1) is 13.8 Å². The van der Waals surface area contributed by atoms with Gasteiger partial charge in [-0.2, -0.15) is 0 Å². The lowest BCUT2D eigenvalue weighted by atomic mass is 9.95. The third kappa shape index (κ3) is 5.13. The Morgan fingerprint density at radius 2 is 2.00 bits per heavy atom. The molecule has 1 aliphatic carbocycles. The van der Waals surface area contributed by atoms with Gasteiger partial charge in [-0.05, 0) is 61.4 Å². The van der Waals surface area contributed by atoms with E-state index >= 15 is 0 Å². The SMILES string of the molecule is Cc1ccc(NC(=O)CSc2nnc(Cc3cccs3)n2C2CCCCC2)cc1C. The number of carbonyl (C=O) groups is 1. The number of hydrogen-bond donors (Lipinski definition) is 1. The van der Waals surface area contributed by atoms with Crippen molar-refractivity contribution in [1.29, 1.82) is 0 Å². The number of thioether (sulfide) groups is 1. The summed E-state index contributed by atoms with van der Waals surface area (Å²) in [7, 11) is 0. The molecular weight excluding hydrogens is 412 g/mol. The van der Waals surface area contributed by atoms with Crippen LogP contribution in [0.5, 0.6) is 0 Å². The molecule has 0 unspecified atom stereocenters. The summed E-state index contributed by atoms with van der Waals surface area (Å²) in [5.41, 5.74) is 3.24. The van der Waals surface area contributed by atoms with E-state index in [0.29, 0.717) is 11.8 Å². The van der Waals surface area contributed by atoms with Gasteiger partial charge in [-0.3, -0.25) is 4.79 Å². The molecule has 1 N–H and O–H groups in total. The Bertz CT molecular complexity index is 991. The van der Waals surface area contributed by atoms with Gasteiger partial charge < -0.3 is 9.88 Å². The molecule has 1 aromatic carbocycles. The van der Waals surface area contributed by atoms with Gasteiger partial charge in [0, 0.05) is 23.0 Å². The highest BCUT2D eigenvalue weighted by molar-refractivity contribution is 7.99. The van der Waals surface area contributed by atoms with Gasteiger partial charge in [0.1, 0.15) is 5.82 Å². The third-order valence-corrected chi connectivity index (χ3v) is 7.53. The van der Waals surface area contributed by atoms with Crippen molar-refractivity contribution in [2.45, 2.75) is 63.6 Å². The zero-order chi connectivity index (χ0) is 20.9. The first-order valence-corrected chi connectivity index (χ1v) is 12.4. The molecule has 158 valence electrons. The lowest BCUT2D eigenvalue weighted by Gasteiger charge is -2.25. The Morgan fingerprint density at radius 3 is 2.73 bits per heavy atom. The molecule has 0 atom stereocenters. The second-order valence-electron chi connectivity index (χ2n) is 7.95. The van der Waals surface area contributed by atoms with E-state index in [-0.39, 0.29) is 5.91 Å². The van der Waals surface area contributed by atoms with Crippen LogP contribution in [0.15, 0.2) is 40.9 Å². The summed E-state index contributed by atoms with van der Waals surface area (Å²) < 4.78 is 2.31. The maximum absolute atomic E-state index is 12.5. The molecule has 2 aromatic heterocycles. The molecule has 0 spiro atoms. The lowest BCUT2D eigenvalue weighted by Crippen LogP contribution is -2.18. The Kier molecular flexibility index (Phi) is 6.89. The lowest BCUT2D eigenvalue weighted by molar-refractivity contribution is -0.113. The number of anilines is 1. The Morgan fingerprint density at radius 1 is 1.17 bits per heavy atom. The van der Waals surface area contributed by atoms with Gasteiger partial charge in [0.25, 0.3) is 0 Å². The normalized spacial score (nSPS) is 14.7. The smallest absolute Gasteiger partial charge is 0.234 e. The van der Waals surface area contributed by atoms with E-state index in [0.717, 1.165) is 35.9 Å². The third-order valence-electron chi connectivity index (χ3n) is 5.71. The summed E-state index contributed by atoms with van der Waals surface area (Å²) in [6, 6.07) is 10.7. The van der Waals surface area contributed by atoms with Gasteiger partial charge in [-0.15, -0.1) is 21.5 Å². The molecule has 0 radical (unpaired) electrons. The predicted molar refractivity (Wildman–Crippen MR) is 125 cm³/mol. The first-order chi connectivity index (χ1) is 14.6. The summed E-state index contributed by atoms with van der Waals surface area (Å²) >= 11 is 3.24. The summed E-state index contributed by atoms with van der Waals surface area (Å²) in [5.74, 6) is 1.33. The van der Waals surface area contributed by atoms with Crippen molar-refractivity contribution < 1.29 is 4.79 Å². The molecule has 7 heteroatoms. The zero-order valence-electron chi connectivity index (χ0n) is 17.6. The second-order valence-corrected chi connectivity index (χ2v) is 9.93. The maximum Gasteiger partial charge on any atom is 0.234 e. The molecule has 1 aliphatic rings. The van der Waals surface area contributed by atoms with Crippen molar-refractivity contribution in [3.63, 3.8) is 0 Å². The van der Waals surface area contributed by atoms with Crippen molar-refractivity contribution >= 4 is 34.7 Å². The van der Waals surface area contributed by atoms with Crippen molar-refractivity contribution in [3.8, 4) is 0 Å². The minimum Gasteiger partial charge on any atom is -0.325 e. The number of benzene rings is 1. The van der Waals surface area contributed by atoms with Crippen molar-refractivity contribution in [1.82, 2.24) is 14.8 Å². The van der Waals surface area contributed by atoms with Crippen molar-refractivity contribution in [2.75, 3.05) is 11.1 Å². The fourth-order valence-corrected chi connectivity index (χ4v) is 5.47. The quantitative estimate of drug-likeness (QED) is 0.473. The highest BCUT2D eigenvalue weighted by atomic mass is 32.2. The Hall–Kier alpha value is -2.12. The molecule has 0 saturated heterocycles. The summed E-state index contributed by atoms with van der Waals surface area (Å²) in [4.78, 5) is 13.8. The second kappa shape index (κ2) is 9.79. The number of aryl methyl sites for hydroxylation is 2. The number of hydrogen-bond acceptors (Lipinski definition) is 5. The molecule has 0 aliphatic heterocycles. The van der Waals surface area contributed by atoms with Crippen LogP contribution in [-0.4, -0.2) is 26.4 Å². The minimum atomic E-state index is -0.0127. The molecule has 1 saturated carbocycles. The molecule has 2 heterocycles. The molecule has 3 aromatic rings. The average molecular weight is 441 g/mol. The van der Waals surface area contributed by atoms with Gasteiger partial charge in [-0.25, -0.2) is 0 Å². The number of thiophene rings is 1. The standard InChI is InChI=1S/C23H28N4OS2/c1-16-10-11-18(13-17(16)2)24-22(28)15-30-23-26-25-21(14-20-9-6-12-29-20)27(23)19-7-4-3-5-8-19/h6,9-13,19H,3-5,7-8,14-15H2,1-2H3,(H,24,28). The van der Waals surface area contributed by atoms with Gasteiger partial charge in [0.15, 0.2) is 5.16 Å². The van der Waals surface area contributed by atoms with Crippen molar-refractivity contribution in [2.24, 2.45) is 0 Å². The summed E-state index contributed by atoms with van der Waals surface area (Å²) in [6.45, 7) is 4.13. The maximum atomic E-state index is 12.5. The van der Waals surface area contributed by atoms with Crippen LogP contribution in [0.3, 0.4) is 0 Å². The van der Waals surface area contributed by atoms with E-state index in [1.165, 1.54) is 47.0 Å². The molecule has 1 amide bonds. The fourth-order valence-electron chi connectivity index (χ4n) is 3.95. The predicted octanol–water partition coefficient (Wildman–Crippen LogP) is 5.78. The molecular formula is C23H28N4OS2. The molecule has 1 fully saturated rings. The monoisotopic (exact) mass is 440 g/mol. The van der Waals surface area contributed by atoms with Crippen LogP contribution in [0.2, 0.25) is 0 Å². The van der Waals surface area contributed by atoms with Gasteiger partial charge in [-0.1, -0.05) is 43.2 Å². The van der Waals surface area contributed by atoms with Crippen LogP contribution < -0.4 is 5.32 Å². The number of amides is 1. The van der Waals surface area contributed by atoms with E-state index in [4.69, 9.17) is 0 Å². The van der Waals surface area contributed by atoms with E-state index in [9.17, 15) is 4.79 Å². The highest BCUT2D eigenvalue weighted by Gasteiger charge is 2.23. The van der Waals surface area contributed by atoms with E-state index in [1.54, 1.807) is 11.3 Å². The van der Waals surface area contributed by atoms with Gasteiger partial charge >= 0.3 is 0 Å². The fraction of sp³-hybridized carbons (Fsp3) is 0.435. The highest BCUT2D eigenvalue weighted by Crippen LogP contribution is 2.33. The van der Waals surface area contributed by atoms with E-state index in [1.807, 2.05) is 18.2 Å². The minimum absolute atomic E-state index is 0.0127. The average Bonchev–Trinajstić information content (AvgIpc) is 3.40.